The first kappa shape index (κ1) is 16.6. The summed E-state index contributed by atoms with van der Waals surface area (Å²) in [4.78, 5) is 38.7. The van der Waals surface area contributed by atoms with Crippen molar-refractivity contribution in [2.24, 2.45) is 5.92 Å². The van der Waals surface area contributed by atoms with Crippen LogP contribution in [0.1, 0.15) is 28.5 Å². The molecule has 1 aromatic carbocycles. The zero-order valence-electron chi connectivity index (χ0n) is 14.4. The van der Waals surface area contributed by atoms with Gasteiger partial charge in [0.25, 0.3) is 11.5 Å². The molecular weight excluding hydrogens is 330 g/mol. The zero-order chi connectivity index (χ0) is 18.1. The Morgan fingerprint density at radius 3 is 2.65 bits per heavy atom. The van der Waals surface area contributed by atoms with Crippen molar-refractivity contribution in [3.05, 3.63) is 70.1 Å². The second-order valence-electron chi connectivity index (χ2n) is 7.03. The molecule has 6 heteroatoms. The predicted molar refractivity (Wildman–Crippen MR) is 96.9 cm³/mol. The van der Waals surface area contributed by atoms with Gasteiger partial charge in [-0.25, -0.2) is 0 Å². The molecule has 26 heavy (non-hydrogen) atoms. The van der Waals surface area contributed by atoms with Gasteiger partial charge in [0.05, 0.1) is 12.6 Å². The van der Waals surface area contributed by atoms with Crippen LogP contribution in [0.15, 0.2) is 53.3 Å². The average Bonchev–Trinajstić information content (AvgIpc) is 2.66. The van der Waals surface area contributed by atoms with E-state index in [9.17, 15) is 14.4 Å². The highest BCUT2D eigenvalue weighted by molar-refractivity contribution is 5.96. The van der Waals surface area contributed by atoms with Gasteiger partial charge < -0.3 is 14.8 Å². The first-order chi connectivity index (χ1) is 12.6. The number of hydrogen-bond acceptors (Lipinski definition) is 3. The molecule has 134 valence electrons. The van der Waals surface area contributed by atoms with Crippen molar-refractivity contribution in [1.29, 1.82) is 0 Å². The van der Waals surface area contributed by atoms with E-state index in [2.05, 4.69) is 5.32 Å². The molecule has 6 nitrogen and oxygen atoms in total. The minimum Gasteiger partial charge on any atom is -0.343 e. The Kier molecular flexibility index (Phi) is 4.32. The standard InChI is InChI=1S/C20H21N3O3/c24-18-8-4-7-16-9-14-10-17(23(16)18)13-22(12-14)19(25)11-21-20(26)15-5-2-1-3-6-15/h1-8,14,17H,9-13H2,(H,21,26). The number of likely N-dealkylation sites (tertiary alicyclic amines) is 1. The van der Waals surface area contributed by atoms with Crippen LogP contribution in [0, 0.1) is 5.92 Å². The number of nitrogens with one attached hydrogen (secondary N) is 1. The Morgan fingerprint density at radius 1 is 1.04 bits per heavy atom. The lowest BCUT2D eigenvalue weighted by atomic mass is 9.86. The fourth-order valence-corrected chi connectivity index (χ4v) is 4.09. The lowest BCUT2D eigenvalue weighted by molar-refractivity contribution is -0.133. The molecule has 2 aromatic rings. The van der Waals surface area contributed by atoms with Crippen molar-refractivity contribution in [2.75, 3.05) is 19.6 Å². The van der Waals surface area contributed by atoms with Gasteiger partial charge in [-0.05, 0) is 37.0 Å². The fraction of sp³-hybridized carbons (Fsp3) is 0.350. The van der Waals surface area contributed by atoms with Crippen molar-refractivity contribution in [3.8, 4) is 0 Å². The minimum absolute atomic E-state index is 0.00220. The maximum atomic E-state index is 12.6. The summed E-state index contributed by atoms with van der Waals surface area (Å²) in [5.74, 6) is 0.0125. The minimum atomic E-state index is -0.252. The van der Waals surface area contributed by atoms with Gasteiger partial charge in [0.15, 0.2) is 0 Å². The molecule has 1 saturated heterocycles. The Morgan fingerprint density at radius 2 is 1.85 bits per heavy atom. The highest BCUT2D eigenvalue weighted by atomic mass is 16.2. The lowest BCUT2D eigenvalue weighted by Crippen LogP contribution is -2.52. The summed E-state index contributed by atoms with van der Waals surface area (Å²) < 4.78 is 1.83. The smallest absolute Gasteiger partial charge is 0.251 e. The van der Waals surface area contributed by atoms with Crippen molar-refractivity contribution in [2.45, 2.75) is 18.9 Å². The molecule has 2 atom stereocenters. The van der Waals surface area contributed by atoms with E-state index in [-0.39, 0.29) is 30.0 Å². The molecule has 3 heterocycles. The molecule has 2 aliphatic rings. The Bertz CT molecular complexity index is 891. The quantitative estimate of drug-likeness (QED) is 0.904. The number of hydrogen-bond donors (Lipinski definition) is 1. The zero-order valence-corrected chi connectivity index (χ0v) is 14.4. The summed E-state index contributed by atoms with van der Waals surface area (Å²) >= 11 is 0. The molecule has 0 spiro atoms. The van der Waals surface area contributed by atoms with Gasteiger partial charge in [-0.2, -0.15) is 0 Å². The maximum absolute atomic E-state index is 12.6. The number of carbonyl (C=O) groups is 2. The van der Waals surface area contributed by atoms with Crippen LogP contribution in [0.5, 0.6) is 0 Å². The van der Waals surface area contributed by atoms with Crippen molar-refractivity contribution >= 4 is 11.8 Å². The molecule has 2 bridgehead atoms. The van der Waals surface area contributed by atoms with Crippen LogP contribution in [0.2, 0.25) is 0 Å². The SMILES string of the molecule is O=C(NCC(=O)N1CC2Cc3cccc(=O)n3C(C2)C1)c1ccccc1. The van der Waals surface area contributed by atoms with Crippen molar-refractivity contribution in [3.63, 3.8) is 0 Å². The van der Waals surface area contributed by atoms with E-state index < -0.39 is 0 Å². The number of aromatic nitrogens is 1. The third kappa shape index (κ3) is 3.14. The number of pyridine rings is 1. The number of rotatable bonds is 3. The van der Waals surface area contributed by atoms with Crippen LogP contribution in [0.4, 0.5) is 0 Å². The second-order valence-corrected chi connectivity index (χ2v) is 7.03. The van der Waals surface area contributed by atoms with Gasteiger partial charge in [-0.3, -0.25) is 14.4 Å². The van der Waals surface area contributed by atoms with Crippen LogP contribution in [-0.4, -0.2) is 40.9 Å². The van der Waals surface area contributed by atoms with Gasteiger partial charge in [0, 0.05) is 30.4 Å². The third-order valence-electron chi connectivity index (χ3n) is 5.24. The molecule has 0 aliphatic carbocycles. The molecule has 0 saturated carbocycles. The van der Waals surface area contributed by atoms with Gasteiger partial charge in [-0.15, -0.1) is 0 Å². The van der Waals surface area contributed by atoms with E-state index >= 15 is 0 Å². The van der Waals surface area contributed by atoms with Gasteiger partial charge in [0.1, 0.15) is 0 Å². The van der Waals surface area contributed by atoms with E-state index in [0.717, 1.165) is 18.5 Å². The predicted octanol–water partition coefficient (Wildman–Crippen LogP) is 1.22. The lowest BCUT2D eigenvalue weighted by Gasteiger charge is -2.43. The summed E-state index contributed by atoms with van der Waals surface area (Å²) in [5, 5.41) is 2.69. The van der Waals surface area contributed by atoms with Crippen molar-refractivity contribution in [1.82, 2.24) is 14.8 Å². The number of piperidine rings is 1. The molecule has 4 rings (SSSR count). The van der Waals surface area contributed by atoms with Crippen LogP contribution in [-0.2, 0) is 11.2 Å². The highest BCUT2D eigenvalue weighted by Crippen LogP contribution is 2.32. The number of nitrogens with zero attached hydrogens (tertiary/aromatic N) is 2. The molecule has 1 fully saturated rings. The van der Waals surface area contributed by atoms with E-state index in [1.54, 1.807) is 41.3 Å². The van der Waals surface area contributed by atoms with Gasteiger partial charge >= 0.3 is 0 Å². The fourth-order valence-electron chi connectivity index (χ4n) is 4.09. The van der Waals surface area contributed by atoms with Crippen LogP contribution >= 0.6 is 0 Å². The molecule has 2 unspecified atom stereocenters. The molecular formula is C20H21N3O3. The first-order valence-electron chi connectivity index (χ1n) is 8.93. The second kappa shape index (κ2) is 6.78. The molecule has 2 aliphatic heterocycles. The Balaban J connectivity index is 1.42. The van der Waals surface area contributed by atoms with E-state index in [0.29, 0.717) is 24.6 Å². The summed E-state index contributed by atoms with van der Waals surface area (Å²) in [5.41, 5.74) is 1.59. The van der Waals surface area contributed by atoms with Crippen LogP contribution in [0.3, 0.4) is 0 Å². The number of benzene rings is 1. The third-order valence-corrected chi connectivity index (χ3v) is 5.24. The van der Waals surface area contributed by atoms with E-state index in [4.69, 9.17) is 0 Å². The van der Waals surface area contributed by atoms with Crippen LogP contribution < -0.4 is 10.9 Å². The van der Waals surface area contributed by atoms with Gasteiger partial charge in [0.2, 0.25) is 5.91 Å². The molecule has 1 N–H and O–H groups in total. The Labute approximate surface area is 151 Å². The average molecular weight is 351 g/mol. The van der Waals surface area contributed by atoms with E-state index in [1.807, 2.05) is 16.7 Å². The van der Waals surface area contributed by atoms with Crippen molar-refractivity contribution < 1.29 is 9.59 Å². The molecule has 1 aromatic heterocycles. The topological polar surface area (TPSA) is 71.4 Å². The van der Waals surface area contributed by atoms with Gasteiger partial charge in [-0.1, -0.05) is 24.3 Å². The summed E-state index contributed by atoms with van der Waals surface area (Å²) in [7, 11) is 0. The number of fused-ring (bicyclic) bond motifs is 4. The molecule has 2 amide bonds. The summed E-state index contributed by atoms with van der Waals surface area (Å²) in [6.07, 6.45) is 1.74. The first-order valence-corrected chi connectivity index (χ1v) is 8.93. The maximum Gasteiger partial charge on any atom is 0.251 e. The normalized spacial score (nSPS) is 21.0. The molecule has 0 radical (unpaired) electrons. The summed E-state index contributed by atoms with van der Waals surface area (Å²) in [6, 6.07) is 14.3. The largest absolute Gasteiger partial charge is 0.343 e. The number of amides is 2. The number of carbonyl (C=O) groups excluding carboxylic acids is 2. The highest BCUT2D eigenvalue weighted by Gasteiger charge is 2.35. The van der Waals surface area contributed by atoms with E-state index in [1.165, 1.54) is 0 Å². The van der Waals surface area contributed by atoms with Crippen LogP contribution in [0.25, 0.3) is 0 Å². The Hall–Kier alpha value is -2.89. The summed E-state index contributed by atoms with van der Waals surface area (Å²) in [6.45, 7) is 1.18. The monoisotopic (exact) mass is 351 g/mol.